The van der Waals surface area contributed by atoms with Crippen molar-refractivity contribution in [1.82, 2.24) is 9.78 Å². The first-order valence-corrected chi connectivity index (χ1v) is 9.38. The van der Waals surface area contributed by atoms with Crippen molar-refractivity contribution in [2.75, 3.05) is 6.61 Å². The first kappa shape index (κ1) is 23.3. The molecule has 3 aromatic rings. The van der Waals surface area contributed by atoms with E-state index in [0.717, 1.165) is 18.1 Å². The average molecular weight is 438 g/mol. The quantitative estimate of drug-likeness (QED) is 0.549. The zero-order chi connectivity index (χ0) is 22.1. The van der Waals surface area contributed by atoms with Crippen LogP contribution in [0.15, 0.2) is 54.6 Å². The molecule has 0 saturated carbocycles. The van der Waals surface area contributed by atoms with Gasteiger partial charge in [-0.3, -0.25) is 4.79 Å². The van der Waals surface area contributed by atoms with Crippen LogP contribution in [-0.2, 0) is 23.7 Å². The summed E-state index contributed by atoms with van der Waals surface area (Å²) >= 11 is 6.19. The van der Waals surface area contributed by atoms with E-state index in [2.05, 4.69) is 10.8 Å². The van der Waals surface area contributed by atoms with Crippen molar-refractivity contribution in [1.29, 1.82) is 0 Å². The zero-order valence-electron chi connectivity index (χ0n) is 16.3. The van der Waals surface area contributed by atoms with Gasteiger partial charge in [0.25, 0.3) is 5.92 Å². The number of primary amides is 1. The number of para-hydroxylation sites is 1. The lowest BCUT2D eigenvalue weighted by molar-refractivity contribution is -0.106. The molecule has 0 atom stereocenters. The lowest BCUT2D eigenvalue weighted by atomic mass is 10.1. The van der Waals surface area contributed by atoms with Crippen LogP contribution in [0.5, 0.6) is 5.88 Å². The molecule has 0 saturated heterocycles. The normalized spacial score (nSPS) is 10.8. The van der Waals surface area contributed by atoms with E-state index in [1.54, 1.807) is 24.3 Å². The molecule has 0 radical (unpaired) electrons. The summed E-state index contributed by atoms with van der Waals surface area (Å²) in [6.45, 7) is 1.06. The largest absolute Gasteiger partial charge is 0.473 e. The van der Waals surface area contributed by atoms with Crippen LogP contribution < -0.4 is 10.5 Å². The minimum Gasteiger partial charge on any atom is -0.473 e. The van der Waals surface area contributed by atoms with E-state index in [1.165, 1.54) is 10.7 Å². The summed E-state index contributed by atoms with van der Waals surface area (Å²) in [6, 6.07) is 15.6. The number of aromatic nitrogens is 2. The number of aliphatic hydroxyl groups is 1. The topological polar surface area (TPSA) is 90.4 Å². The SMILES string of the molecule is CC(F)(F)c1cc(OCc2ccc(CCO)cc2)n(-c2ccccc2Cl)n1.NC=O. The summed E-state index contributed by atoms with van der Waals surface area (Å²) in [7, 11) is 0. The predicted octanol–water partition coefficient (Wildman–Crippen LogP) is 3.85. The third kappa shape index (κ3) is 6.27. The molecule has 2 aromatic carbocycles. The van der Waals surface area contributed by atoms with E-state index in [0.29, 0.717) is 17.1 Å². The number of halogens is 3. The van der Waals surface area contributed by atoms with E-state index in [1.807, 2.05) is 24.3 Å². The van der Waals surface area contributed by atoms with E-state index >= 15 is 0 Å². The highest BCUT2D eigenvalue weighted by Gasteiger charge is 2.30. The van der Waals surface area contributed by atoms with Gasteiger partial charge in [0, 0.05) is 19.6 Å². The minimum absolute atomic E-state index is 0.0842. The van der Waals surface area contributed by atoms with Crippen LogP contribution in [-0.4, -0.2) is 27.9 Å². The maximum Gasteiger partial charge on any atom is 0.288 e. The Kier molecular flexibility index (Phi) is 8.32. The second-order valence-corrected chi connectivity index (χ2v) is 6.74. The van der Waals surface area contributed by atoms with Crippen molar-refractivity contribution in [2.24, 2.45) is 5.73 Å². The van der Waals surface area contributed by atoms with Crippen LogP contribution in [0.3, 0.4) is 0 Å². The maximum atomic E-state index is 13.8. The monoisotopic (exact) mass is 437 g/mol. The summed E-state index contributed by atoms with van der Waals surface area (Å²) < 4.78 is 34.6. The molecule has 1 heterocycles. The van der Waals surface area contributed by atoms with Gasteiger partial charge >= 0.3 is 0 Å². The van der Waals surface area contributed by atoms with Crippen LogP contribution in [0, 0.1) is 0 Å². The smallest absolute Gasteiger partial charge is 0.288 e. The van der Waals surface area contributed by atoms with Gasteiger partial charge in [0.2, 0.25) is 12.3 Å². The van der Waals surface area contributed by atoms with Gasteiger partial charge < -0.3 is 15.6 Å². The maximum absolute atomic E-state index is 13.8. The van der Waals surface area contributed by atoms with E-state index in [-0.39, 0.29) is 25.5 Å². The van der Waals surface area contributed by atoms with E-state index in [9.17, 15) is 8.78 Å². The third-order valence-corrected chi connectivity index (χ3v) is 4.34. The third-order valence-electron chi connectivity index (χ3n) is 4.02. The highest BCUT2D eigenvalue weighted by Crippen LogP contribution is 2.32. The molecule has 30 heavy (non-hydrogen) atoms. The fraction of sp³-hybridized carbons (Fsp3) is 0.238. The number of alkyl halides is 2. The van der Waals surface area contributed by atoms with E-state index in [4.69, 9.17) is 26.2 Å². The van der Waals surface area contributed by atoms with Gasteiger partial charge in [-0.1, -0.05) is 48.0 Å². The second-order valence-electron chi connectivity index (χ2n) is 6.33. The number of rotatable bonds is 7. The van der Waals surface area contributed by atoms with E-state index < -0.39 is 11.6 Å². The Morgan fingerprint density at radius 3 is 2.37 bits per heavy atom. The number of hydrogen-bond acceptors (Lipinski definition) is 4. The Morgan fingerprint density at radius 1 is 1.20 bits per heavy atom. The standard InChI is InChI=1S/C20H19ClF2N2O2.CH3NO/c1-20(22,23)18-12-19(25(24-18)17-5-3-2-4-16(17)21)27-13-15-8-6-14(7-9-15)10-11-26;2-1-3/h2-9,12,26H,10-11,13H2,1H3;1H,(H2,2,3). The highest BCUT2D eigenvalue weighted by molar-refractivity contribution is 6.32. The molecular weight excluding hydrogens is 416 g/mol. The Balaban J connectivity index is 0.00000101. The van der Waals surface area contributed by atoms with Crippen LogP contribution in [0.2, 0.25) is 5.02 Å². The lowest BCUT2D eigenvalue weighted by Crippen LogP contribution is -2.09. The molecule has 0 aliphatic carbocycles. The number of hydrogen-bond donors (Lipinski definition) is 2. The summed E-state index contributed by atoms with van der Waals surface area (Å²) in [5.74, 6) is -2.92. The Bertz CT molecular complexity index is 957. The average Bonchev–Trinajstić information content (AvgIpc) is 3.13. The van der Waals surface area contributed by atoms with Gasteiger partial charge in [-0.15, -0.1) is 0 Å². The molecule has 0 bridgehead atoms. The number of aliphatic hydroxyl groups excluding tert-OH is 1. The van der Waals surface area contributed by atoms with Crippen molar-refractivity contribution >= 4 is 18.0 Å². The number of ether oxygens (including phenoxy) is 1. The van der Waals surface area contributed by atoms with Crippen LogP contribution in [0.25, 0.3) is 5.69 Å². The lowest BCUT2D eigenvalue weighted by Gasteiger charge is -2.11. The first-order valence-electron chi connectivity index (χ1n) is 9.00. The van der Waals surface area contributed by atoms with Crippen LogP contribution in [0.4, 0.5) is 8.78 Å². The summed E-state index contributed by atoms with van der Waals surface area (Å²) in [6.07, 6.45) is 0.829. The minimum atomic E-state index is -3.10. The molecular formula is C21H22ClF2N3O3. The first-order chi connectivity index (χ1) is 14.3. The molecule has 1 aromatic heterocycles. The molecule has 3 rings (SSSR count). The van der Waals surface area contributed by atoms with Gasteiger partial charge in [0.1, 0.15) is 12.3 Å². The van der Waals surface area contributed by atoms with Crippen LogP contribution in [0.1, 0.15) is 23.7 Å². The second kappa shape index (κ2) is 10.7. The molecule has 0 aliphatic heterocycles. The molecule has 0 aliphatic rings. The molecule has 160 valence electrons. The van der Waals surface area contributed by atoms with Gasteiger partial charge in [-0.25, -0.2) is 0 Å². The molecule has 0 unspecified atom stereocenters. The van der Waals surface area contributed by atoms with Crippen molar-refractivity contribution in [3.8, 4) is 11.6 Å². The van der Waals surface area contributed by atoms with Gasteiger partial charge in [-0.05, 0) is 29.7 Å². The molecule has 3 N–H and O–H groups in total. The number of nitrogens with zero attached hydrogens (tertiary/aromatic N) is 2. The molecule has 0 spiro atoms. The van der Waals surface area contributed by atoms with Crippen molar-refractivity contribution in [3.05, 3.63) is 76.4 Å². The molecule has 0 fully saturated rings. The predicted molar refractivity (Wildman–Crippen MR) is 110 cm³/mol. The van der Waals surface area contributed by atoms with Gasteiger partial charge in [0.15, 0.2) is 0 Å². The number of carbonyl (C=O) groups is 1. The van der Waals surface area contributed by atoms with Crippen molar-refractivity contribution in [2.45, 2.75) is 25.9 Å². The number of amides is 1. The fourth-order valence-corrected chi connectivity index (χ4v) is 2.78. The van der Waals surface area contributed by atoms with Crippen molar-refractivity contribution < 1.29 is 23.4 Å². The summed E-state index contributed by atoms with van der Waals surface area (Å²) in [4.78, 5) is 8.58. The Labute approximate surface area is 177 Å². The number of carbonyl (C=O) groups excluding carboxylic acids is 1. The van der Waals surface area contributed by atoms with Gasteiger partial charge in [-0.2, -0.15) is 18.6 Å². The van der Waals surface area contributed by atoms with Crippen LogP contribution >= 0.6 is 11.6 Å². The van der Waals surface area contributed by atoms with Crippen molar-refractivity contribution in [3.63, 3.8) is 0 Å². The summed E-state index contributed by atoms with van der Waals surface area (Å²) in [5.41, 5.74) is 6.11. The Morgan fingerprint density at radius 2 is 1.80 bits per heavy atom. The molecule has 6 nitrogen and oxygen atoms in total. The summed E-state index contributed by atoms with van der Waals surface area (Å²) in [5, 5.41) is 13.3. The van der Waals surface area contributed by atoms with Gasteiger partial charge in [0.05, 0.1) is 10.7 Å². The molecule has 1 amide bonds. The number of benzene rings is 2. The zero-order valence-corrected chi connectivity index (χ0v) is 17.0. The fourth-order valence-electron chi connectivity index (χ4n) is 2.57. The highest BCUT2D eigenvalue weighted by atomic mass is 35.5. The number of nitrogens with two attached hydrogens (primary N) is 1. The molecule has 9 heteroatoms. The Hall–Kier alpha value is -2.97.